The fourth-order valence-corrected chi connectivity index (χ4v) is 2.91. The van der Waals surface area contributed by atoms with Gasteiger partial charge in [-0.05, 0) is 36.2 Å². The summed E-state index contributed by atoms with van der Waals surface area (Å²) in [4.78, 5) is 0. The Bertz CT molecular complexity index is 631. The van der Waals surface area contributed by atoms with E-state index >= 15 is 0 Å². The van der Waals surface area contributed by atoms with E-state index in [1.807, 2.05) is 25.1 Å². The molecule has 1 nitrogen and oxygen atoms in total. The molecule has 0 saturated heterocycles. The third-order valence-corrected chi connectivity index (χ3v) is 4.52. The molecule has 2 aromatic rings. The zero-order valence-electron chi connectivity index (χ0n) is 11.5. The molecule has 0 saturated carbocycles. The zero-order valence-corrected chi connectivity index (χ0v) is 13.7. The molecule has 0 aliphatic carbocycles. The minimum atomic E-state index is -0.422. The Kier molecular flexibility index (Phi) is 5.88. The Balaban J connectivity index is 2.35. The highest BCUT2D eigenvalue weighted by molar-refractivity contribution is 6.42. The highest BCUT2D eigenvalue weighted by atomic mass is 35.5. The molecule has 1 unspecified atom stereocenters. The Hall–Kier alpha value is -0.800. The van der Waals surface area contributed by atoms with Crippen molar-refractivity contribution in [2.45, 2.75) is 19.4 Å². The molecule has 2 rings (SSSR count). The Labute approximate surface area is 139 Å². The normalized spacial score (nSPS) is 12.4. The highest BCUT2D eigenvalue weighted by Gasteiger charge is 2.18. The van der Waals surface area contributed by atoms with Crippen molar-refractivity contribution in [2.75, 3.05) is 6.54 Å². The molecule has 5 heteroatoms. The van der Waals surface area contributed by atoms with Crippen LogP contribution in [-0.4, -0.2) is 6.54 Å². The van der Waals surface area contributed by atoms with Crippen molar-refractivity contribution in [3.63, 3.8) is 0 Å². The van der Waals surface area contributed by atoms with E-state index in [1.54, 1.807) is 12.1 Å². The maximum atomic E-state index is 13.7. The van der Waals surface area contributed by atoms with Crippen molar-refractivity contribution in [3.05, 3.63) is 68.4 Å². The molecule has 21 heavy (non-hydrogen) atoms. The van der Waals surface area contributed by atoms with Crippen molar-refractivity contribution in [2.24, 2.45) is 0 Å². The summed E-state index contributed by atoms with van der Waals surface area (Å²) in [7, 11) is 0. The second-order valence-electron chi connectivity index (χ2n) is 4.67. The van der Waals surface area contributed by atoms with Crippen LogP contribution in [-0.2, 0) is 6.42 Å². The number of benzene rings is 2. The van der Waals surface area contributed by atoms with Gasteiger partial charge in [-0.2, -0.15) is 0 Å². The predicted octanol–water partition coefficient (Wildman–Crippen LogP) is 5.68. The van der Waals surface area contributed by atoms with Gasteiger partial charge in [0.15, 0.2) is 0 Å². The molecule has 112 valence electrons. The van der Waals surface area contributed by atoms with Crippen LogP contribution in [0.4, 0.5) is 4.39 Å². The molecule has 0 aromatic heterocycles. The number of halogens is 4. The van der Waals surface area contributed by atoms with Crippen molar-refractivity contribution >= 4 is 34.8 Å². The van der Waals surface area contributed by atoms with Crippen molar-refractivity contribution < 1.29 is 4.39 Å². The topological polar surface area (TPSA) is 12.0 Å². The van der Waals surface area contributed by atoms with Gasteiger partial charge in [-0.15, -0.1) is 0 Å². The van der Waals surface area contributed by atoms with Crippen LogP contribution in [0.5, 0.6) is 0 Å². The standard InChI is InChI=1S/C16H15Cl3FN/c1-2-21-14(11-6-4-8-13(20)16(11)19)9-10-5-3-7-12(17)15(10)18/h3-8,14,21H,2,9H2,1H3. The van der Waals surface area contributed by atoms with Gasteiger partial charge in [-0.3, -0.25) is 0 Å². The predicted molar refractivity (Wildman–Crippen MR) is 88.0 cm³/mol. The van der Waals surface area contributed by atoms with Crippen LogP contribution < -0.4 is 5.32 Å². The first-order valence-corrected chi connectivity index (χ1v) is 7.78. The maximum absolute atomic E-state index is 13.7. The maximum Gasteiger partial charge on any atom is 0.142 e. The molecular weight excluding hydrogens is 332 g/mol. The first kappa shape index (κ1) is 16.6. The second-order valence-corrected chi connectivity index (χ2v) is 5.83. The summed E-state index contributed by atoms with van der Waals surface area (Å²) in [6.07, 6.45) is 0.580. The van der Waals surface area contributed by atoms with Gasteiger partial charge in [0.2, 0.25) is 0 Å². The summed E-state index contributed by atoms with van der Waals surface area (Å²) in [6.45, 7) is 2.72. The zero-order chi connectivity index (χ0) is 15.4. The number of rotatable bonds is 5. The highest BCUT2D eigenvalue weighted by Crippen LogP contribution is 2.32. The molecule has 1 N–H and O–H groups in total. The number of hydrogen-bond donors (Lipinski definition) is 1. The van der Waals surface area contributed by atoms with Crippen molar-refractivity contribution in [1.29, 1.82) is 0 Å². The summed E-state index contributed by atoms with van der Waals surface area (Å²) in [5.74, 6) is -0.422. The third kappa shape index (κ3) is 3.89. The number of hydrogen-bond acceptors (Lipinski definition) is 1. The number of likely N-dealkylation sites (N-methyl/N-ethyl adjacent to an activating group) is 1. The van der Waals surface area contributed by atoms with Gasteiger partial charge in [0.25, 0.3) is 0 Å². The number of nitrogens with one attached hydrogen (secondary N) is 1. The quantitative estimate of drug-likeness (QED) is 0.734. The molecular formula is C16H15Cl3FN. The van der Waals surface area contributed by atoms with Gasteiger partial charge in [0, 0.05) is 6.04 Å². The first-order chi connectivity index (χ1) is 10.0. The van der Waals surface area contributed by atoms with Crippen LogP contribution in [0.2, 0.25) is 15.1 Å². The van der Waals surface area contributed by atoms with Crippen LogP contribution in [0, 0.1) is 5.82 Å². The molecule has 0 heterocycles. The average Bonchev–Trinajstić information content (AvgIpc) is 2.46. The molecule has 0 fully saturated rings. The summed E-state index contributed by atoms with van der Waals surface area (Å²) < 4.78 is 13.7. The van der Waals surface area contributed by atoms with E-state index in [9.17, 15) is 4.39 Å². The van der Waals surface area contributed by atoms with Gasteiger partial charge >= 0.3 is 0 Å². The van der Waals surface area contributed by atoms with E-state index in [0.29, 0.717) is 16.5 Å². The van der Waals surface area contributed by atoms with Gasteiger partial charge in [0.1, 0.15) is 5.82 Å². The van der Waals surface area contributed by atoms with Crippen LogP contribution in [0.1, 0.15) is 24.1 Å². The van der Waals surface area contributed by atoms with Crippen LogP contribution >= 0.6 is 34.8 Å². The molecule has 0 amide bonds. The Morgan fingerprint density at radius 1 is 1.05 bits per heavy atom. The lowest BCUT2D eigenvalue weighted by Gasteiger charge is -2.20. The lowest BCUT2D eigenvalue weighted by molar-refractivity contribution is 0.543. The molecule has 2 aromatic carbocycles. The van der Waals surface area contributed by atoms with E-state index in [-0.39, 0.29) is 11.1 Å². The monoisotopic (exact) mass is 345 g/mol. The summed E-state index contributed by atoms with van der Waals surface area (Å²) >= 11 is 18.4. The SMILES string of the molecule is CCNC(Cc1cccc(Cl)c1Cl)c1cccc(F)c1Cl. The van der Waals surface area contributed by atoms with Gasteiger partial charge < -0.3 is 5.32 Å². The van der Waals surface area contributed by atoms with Crippen molar-refractivity contribution in [1.82, 2.24) is 5.32 Å². The molecule has 1 atom stereocenters. The van der Waals surface area contributed by atoms with Crippen LogP contribution in [0.15, 0.2) is 36.4 Å². The summed E-state index contributed by atoms with van der Waals surface area (Å²) in [5.41, 5.74) is 1.62. The van der Waals surface area contributed by atoms with Crippen LogP contribution in [0.3, 0.4) is 0 Å². The second kappa shape index (κ2) is 7.46. The average molecular weight is 347 g/mol. The summed E-state index contributed by atoms with van der Waals surface area (Å²) in [6, 6.07) is 10.2. The van der Waals surface area contributed by atoms with E-state index in [4.69, 9.17) is 34.8 Å². The molecule has 0 aliphatic rings. The lowest BCUT2D eigenvalue weighted by atomic mass is 9.98. The van der Waals surface area contributed by atoms with E-state index in [1.165, 1.54) is 6.07 Å². The van der Waals surface area contributed by atoms with Crippen molar-refractivity contribution in [3.8, 4) is 0 Å². The molecule has 0 spiro atoms. The molecule has 0 bridgehead atoms. The van der Waals surface area contributed by atoms with Crippen LogP contribution in [0.25, 0.3) is 0 Å². The molecule has 0 radical (unpaired) electrons. The Morgan fingerprint density at radius 3 is 2.48 bits per heavy atom. The molecule has 0 aliphatic heterocycles. The summed E-state index contributed by atoms with van der Waals surface area (Å²) in [5, 5.41) is 4.48. The van der Waals surface area contributed by atoms with E-state index < -0.39 is 5.82 Å². The Morgan fingerprint density at radius 2 is 1.76 bits per heavy atom. The van der Waals surface area contributed by atoms with Gasteiger partial charge in [-0.1, -0.05) is 66.0 Å². The van der Waals surface area contributed by atoms with E-state index in [2.05, 4.69) is 5.32 Å². The fourth-order valence-electron chi connectivity index (χ4n) is 2.25. The fraction of sp³-hybridized carbons (Fsp3) is 0.250. The lowest BCUT2D eigenvalue weighted by Crippen LogP contribution is -2.23. The minimum absolute atomic E-state index is 0.130. The van der Waals surface area contributed by atoms with Gasteiger partial charge in [0.05, 0.1) is 15.1 Å². The van der Waals surface area contributed by atoms with E-state index in [0.717, 1.165) is 17.7 Å². The third-order valence-electron chi connectivity index (χ3n) is 3.26. The largest absolute Gasteiger partial charge is 0.310 e. The minimum Gasteiger partial charge on any atom is -0.310 e. The smallest absolute Gasteiger partial charge is 0.142 e. The van der Waals surface area contributed by atoms with Gasteiger partial charge in [-0.25, -0.2) is 4.39 Å². The first-order valence-electron chi connectivity index (χ1n) is 6.64.